The zero-order valence-corrected chi connectivity index (χ0v) is 15.4. The summed E-state index contributed by atoms with van der Waals surface area (Å²) in [5.41, 5.74) is 1.61. The summed E-state index contributed by atoms with van der Waals surface area (Å²) in [7, 11) is 1.68. The van der Waals surface area contributed by atoms with Gasteiger partial charge in [-0.1, -0.05) is 24.3 Å². The van der Waals surface area contributed by atoms with Crippen LogP contribution in [0.1, 0.15) is 29.7 Å². The zero-order valence-electron chi connectivity index (χ0n) is 15.4. The predicted octanol–water partition coefficient (Wildman–Crippen LogP) is 4.05. The molecule has 0 fully saturated rings. The second-order valence-electron chi connectivity index (χ2n) is 6.48. The second kappa shape index (κ2) is 7.84. The molecule has 1 atom stereocenters. The lowest BCUT2D eigenvalue weighted by atomic mass is 10.0. The van der Waals surface area contributed by atoms with Gasteiger partial charge in [0, 0.05) is 7.05 Å². The number of carbonyl (C=O) groups excluding carboxylic acids is 1. The van der Waals surface area contributed by atoms with E-state index in [4.69, 9.17) is 0 Å². The average molecular weight is 388 g/mol. The number of alkyl halides is 3. The van der Waals surface area contributed by atoms with Crippen LogP contribution in [0.15, 0.2) is 61.2 Å². The first-order valence-electron chi connectivity index (χ1n) is 8.62. The van der Waals surface area contributed by atoms with Crippen LogP contribution < -0.4 is 0 Å². The van der Waals surface area contributed by atoms with Crippen molar-refractivity contribution in [2.45, 2.75) is 25.6 Å². The van der Waals surface area contributed by atoms with Gasteiger partial charge in [0.05, 0.1) is 23.7 Å². The normalized spacial score (nSPS) is 12.6. The van der Waals surface area contributed by atoms with Crippen LogP contribution in [0.3, 0.4) is 0 Å². The van der Waals surface area contributed by atoms with Gasteiger partial charge in [0.15, 0.2) is 0 Å². The van der Waals surface area contributed by atoms with Crippen LogP contribution in [-0.4, -0.2) is 32.6 Å². The van der Waals surface area contributed by atoms with Crippen LogP contribution in [-0.2, 0) is 17.4 Å². The average Bonchev–Trinajstić information content (AvgIpc) is 3.21. The first-order chi connectivity index (χ1) is 13.3. The minimum atomic E-state index is -4.38. The van der Waals surface area contributed by atoms with Gasteiger partial charge in [-0.15, -0.1) is 0 Å². The smallest absolute Gasteiger partial charge is 0.339 e. The van der Waals surface area contributed by atoms with Gasteiger partial charge < -0.3 is 4.90 Å². The Hall–Kier alpha value is -3.16. The Morgan fingerprint density at radius 2 is 1.75 bits per heavy atom. The molecule has 0 aliphatic heterocycles. The lowest BCUT2D eigenvalue weighted by Gasteiger charge is -2.25. The number of hydrogen-bond donors (Lipinski definition) is 0. The SMILES string of the molecule is CC(c1ccc(-n2cncn2)cc1)N(C)C(=O)Cc1ccc(C(F)(F)F)cc1. The van der Waals surface area contributed by atoms with Gasteiger partial charge >= 0.3 is 6.18 Å². The molecule has 3 aromatic rings. The van der Waals surface area contributed by atoms with E-state index < -0.39 is 11.7 Å². The molecule has 0 radical (unpaired) electrons. The molecule has 0 bridgehead atoms. The minimum absolute atomic E-state index is 0.0377. The molecular formula is C20H19F3N4O. The highest BCUT2D eigenvalue weighted by Gasteiger charge is 2.30. The Morgan fingerprint density at radius 3 is 2.29 bits per heavy atom. The van der Waals surface area contributed by atoms with E-state index in [-0.39, 0.29) is 18.4 Å². The van der Waals surface area contributed by atoms with Crippen LogP contribution in [0.2, 0.25) is 0 Å². The third-order valence-corrected chi connectivity index (χ3v) is 4.67. The molecule has 0 saturated carbocycles. The van der Waals surface area contributed by atoms with E-state index in [2.05, 4.69) is 10.1 Å². The summed E-state index contributed by atoms with van der Waals surface area (Å²) in [5, 5.41) is 4.06. The molecule has 3 rings (SSSR count). The van der Waals surface area contributed by atoms with E-state index in [0.29, 0.717) is 5.56 Å². The number of hydrogen-bond acceptors (Lipinski definition) is 3. The van der Waals surface area contributed by atoms with Gasteiger partial charge in [0.1, 0.15) is 12.7 Å². The number of amides is 1. The second-order valence-corrected chi connectivity index (χ2v) is 6.48. The van der Waals surface area contributed by atoms with Crippen molar-refractivity contribution in [2.24, 2.45) is 0 Å². The molecule has 2 aromatic carbocycles. The number of nitrogens with zero attached hydrogens (tertiary/aromatic N) is 4. The number of carbonyl (C=O) groups is 1. The molecule has 8 heteroatoms. The van der Waals surface area contributed by atoms with E-state index in [1.54, 1.807) is 23.0 Å². The molecule has 0 spiro atoms. The first kappa shape index (κ1) is 19.6. The maximum atomic E-state index is 12.6. The van der Waals surface area contributed by atoms with Gasteiger partial charge in [-0.2, -0.15) is 18.3 Å². The van der Waals surface area contributed by atoms with E-state index in [9.17, 15) is 18.0 Å². The van der Waals surface area contributed by atoms with Crippen molar-refractivity contribution < 1.29 is 18.0 Å². The fraction of sp³-hybridized carbons (Fsp3) is 0.250. The van der Waals surface area contributed by atoms with E-state index >= 15 is 0 Å². The van der Waals surface area contributed by atoms with E-state index in [0.717, 1.165) is 23.4 Å². The van der Waals surface area contributed by atoms with Crippen molar-refractivity contribution in [3.05, 3.63) is 77.9 Å². The number of aromatic nitrogens is 3. The number of halogens is 3. The summed E-state index contributed by atoms with van der Waals surface area (Å²) in [6, 6.07) is 12.1. The van der Waals surface area contributed by atoms with Crippen molar-refractivity contribution in [1.82, 2.24) is 19.7 Å². The van der Waals surface area contributed by atoms with E-state index in [1.165, 1.54) is 18.5 Å². The Bertz CT molecular complexity index is 920. The summed E-state index contributed by atoms with van der Waals surface area (Å²) in [6.07, 6.45) is -1.30. The summed E-state index contributed by atoms with van der Waals surface area (Å²) in [4.78, 5) is 18.0. The van der Waals surface area contributed by atoms with Crippen molar-refractivity contribution in [3.8, 4) is 5.69 Å². The molecule has 1 amide bonds. The monoisotopic (exact) mass is 388 g/mol. The third-order valence-electron chi connectivity index (χ3n) is 4.67. The molecule has 1 heterocycles. The predicted molar refractivity (Wildman–Crippen MR) is 97.7 cm³/mol. The quantitative estimate of drug-likeness (QED) is 0.663. The van der Waals surface area contributed by atoms with Crippen LogP contribution in [0.25, 0.3) is 5.69 Å². The standard InChI is InChI=1S/C20H19F3N4O/c1-14(16-5-9-18(10-6-16)27-13-24-12-25-27)26(2)19(28)11-15-3-7-17(8-4-15)20(21,22)23/h3-10,12-14H,11H2,1-2H3. The molecule has 28 heavy (non-hydrogen) atoms. The van der Waals surface area contributed by atoms with Crippen molar-refractivity contribution >= 4 is 5.91 Å². The van der Waals surface area contributed by atoms with Gasteiger partial charge in [0.2, 0.25) is 5.91 Å². The summed E-state index contributed by atoms with van der Waals surface area (Å²) >= 11 is 0. The number of benzene rings is 2. The van der Waals surface area contributed by atoms with Gasteiger partial charge in [-0.3, -0.25) is 4.79 Å². The molecule has 1 unspecified atom stereocenters. The van der Waals surface area contributed by atoms with Gasteiger partial charge in [-0.25, -0.2) is 9.67 Å². The molecular weight excluding hydrogens is 369 g/mol. The fourth-order valence-corrected chi connectivity index (χ4v) is 2.80. The Kier molecular flexibility index (Phi) is 5.48. The molecule has 0 aliphatic rings. The number of likely N-dealkylation sites (N-methyl/N-ethyl adjacent to an activating group) is 1. The van der Waals surface area contributed by atoms with Gasteiger partial charge in [0.25, 0.3) is 0 Å². The summed E-state index contributed by atoms with van der Waals surface area (Å²) < 4.78 is 39.5. The minimum Gasteiger partial charge on any atom is -0.339 e. The van der Waals surface area contributed by atoms with Crippen molar-refractivity contribution in [1.29, 1.82) is 0 Å². The van der Waals surface area contributed by atoms with Crippen LogP contribution >= 0.6 is 0 Å². The summed E-state index contributed by atoms with van der Waals surface area (Å²) in [6.45, 7) is 1.90. The molecule has 0 N–H and O–H groups in total. The van der Waals surface area contributed by atoms with Gasteiger partial charge in [-0.05, 0) is 42.3 Å². The highest BCUT2D eigenvalue weighted by molar-refractivity contribution is 5.79. The highest BCUT2D eigenvalue weighted by atomic mass is 19.4. The van der Waals surface area contributed by atoms with Crippen molar-refractivity contribution in [2.75, 3.05) is 7.05 Å². The number of rotatable bonds is 5. The topological polar surface area (TPSA) is 51.0 Å². The maximum absolute atomic E-state index is 12.6. The molecule has 146 valence electrons. The largest absolute Gasteiger partial charge is 0.416 e. The fourth-order valence-electron chi connectivity index (χ4n) is 2.80. The van der Waals surface area contributed by atoms with Crippen LogP contribution in [0.5, 0.6) is 0 Å². The lowest BCUT2D eigenvalue weighted by Crippen LogP contribution is -2.31. The molecule has 1 aromatic heterocycles. The van der Waals surface area contributed by atoms with Crippen molar-refractivity contribution in [3.63, 3.8) is 0 Å². The van der Waals surface area contributed by atoms with Crippen LogP contribution in [0.4, 0.5) is 13.2 Å². The molecule has 0 aliphatic carbocycles. The Balaban J connectivity index is 1.65. The van der Waals surface area contributed by atoms with Crippen LogP contribution in [0, 0.1) is 0 Å². The zero-order chi connectivity index (χ0) is 20.3. The Labute approximate surface area is 160 Å². The molecule has 5 nitrogen and oxygen atoms in total. The first-order valence-corrected chi connectivity index (χ1v) is 8.62. The summed E-state index contributed by atoms with van der Waals surface area (Å²) in [5.74, 6) is -0.174. The van der Waals surface area contributed by atoms with E-state index in [1.807, 2.05) is 31.2 Å². The molecule has 0 saturated heterocycles. The highest BCUT2D eigenvalue weighted by Crippen LogP contribution is 2.29. The maximum Gasteiger partial charge on any atom is 0.416 e. The lowest BCUT2D eigenvalue weighted by molar-refractivity contribution is -0.137. The Morgan fingerprint density at radius 1 is 1.11 bits per heavy atom. The third kappa shape index (κ3) is 4.39.